The minimum atomic E-state index is -1.01. The second-order valence-corrected chi connectivity index (χ2v) is 17.7. The molecule has 7 nitrogen and oxygen atoms in total. The largest absolute Gasteiger partial charge is 0.455 e. The number of primary amides is 1. The van der Waals surface area contributed by atoms with Crippen molar-refractivity contribution in [1.82, 2.24) is 5.32 Å². The fourth-order valence-electron chi connectivity index (χ4n) is 12.9. The summed E-state index contributed by atoms with van der Waals surface area (Å²) in [5.41, 5.74) is 6.89. The summed E-state index contributed by atoms with van der Waals surface area (Å²) < 4.78 is 11.8. The van der Waals surface area contributed by atoms with E-state index in [-0.39, 0.29) is 39.3 Å². The Hall–Kier alpha value is -2.05. The molecule has 0 aromatic heterocycles. The lowest BCUT2D eigenvalue weighted by atomic mass is 9.32. The van der Waals surface area contributed by atoms with Gasteiger partial charge < -0.3 is 20.5 Å². The molecule has 0 radical (unpaired) electrons. The first-order chi connectivity index (χ1) is 21.6. The van der Waals surface area contributed by atoms with Crippen LogP contribution in [0, 0.1) is 56.7 Å². The Labute approximate surface area is 278 Å². The first-order valence-corrected chi connectivity index (χ1v) is 18.6. The SMILES string of the molecule is C=C(C)[C@@H]1CC[C@]2(COC(=O)NCCCCCC)CC[C@]3(C)[C@H](CC[C@@H]4[C@@]5(C)CC[C@H](OC(=O)C(N)=O)C(C)(C)[C@@H]5CC[C@]43C)[C@@H]12. The zero-order valence-corrected chi connectivity index (χ0v) is 30.1. The number of carbonyl (C=O) groups excluding carboxylic acids is 3. The number of fused-ring (bicyclic) bond motifs is 7. The van der Waals surface area contributed by atoms with Crippen LogP contribution in [0.5, 0.6) is 0 Å². The van der Waals surface area contributed by atoms with E-state index in [0.717, 1.165) is 51.4 Å². The topological polar surface area (TPSA) is 108 Å². The maximum absolute atomic E-state index is 12.8. The molecule has 0 unspecified atom stereocenters. The molecule has 5 aliphatic carbocycles. The minimum absolute atomic E-state index is 0.0298. The number of unbranched alkanes of at least 4 members (excludes halogenated alkanes) is 3. The zero-order valence-electron chi connectivity index (χ0n) is 30.1. The van der Waals surface area contributed by atoms with E-state index in [9.17, 15) is 14.4 Å². The van der Waals surface area contributed by atoms with Crippen molar-refractivity contribution in [2.75, 3.05) is 13.2 Å². The number of nitrogens with two attached hydrogens (primary N) is 1. The van der Waals surface area contributed by atoms with E-state index in [0.29, 0.717) is 42.7 Å². The number of allylic oxidation sites excluding steroid dienone is 1. The van der Waals surface area contributed by atoms with Crippen LogP contribution in [-0.4, -0.2) is 37.2 Å². The van der Waals surface area contributed by atoms with Crippen molar-refractivity contribution >= 4 is 18.0 Å². The molecule has 0 bridgehead atoms. The average molecular weight is 641 g/mol. The van der Waals surface area contributed by atoms with Crippen LogP contribution in [0.2, 0.25) is 0 Å². The number of ether oxygens (including phenoxy) is 2. The van der Waals surface area contributed by atoms with Gasteiger partial charge in [0.15, 0.2) is 0 Å². The monoisotopic (exact) mass is 640 g/mol. The number of alkyl carbamates (subject to hydrolysis) is 1. The minimum Gasteiger partial charge on any atom is -0.455 e. The molecule has 46 heavy (non-hydrogen) atoms. The smallest absolute Gasteiger partial charge is 0.407 e. The molecule has 10 atom stereocenters. The Morgan fingerprint density at radius 3 is 2.26 bits per heavy atom. The van der Waals surface area contributed by atoms with Crippen LogP contribution in [0.1, 0.15) is 138 Å². The fraction of sp³-hybridized carbons (Fsp3) is 0.872. The van der Waals surface area contributed by atoms with Gasteiger partial charge in [-0.05, 0) is 123 Å². The van der Waals surface area contributed by atoms with Gasteiger partial charge in [-0.2, -0.15) is 0 Å². The van der Waals surface area contributed by atoms with Crippen LogP contribution in [0.4, 0.5) is 4.79 Å². The Balaban J connectivity index is 1.37. The van der Waals surface area contributed by atoms with Crippen LogP contribution < -0.4 is 11.1 Å². The summed E-state index contributed by atoms with van der Waals surface area (Å²) >= 11 is 0. The van der Waals surface area contributed by atoms with E-state index >= 15 is 0 Å². The van der Waals surface area contributed by atoms with Gasteiger partial charge in [0.1, 0.15) is 6.10 Å². The third-order valence-corrected chi connectivity index (χ3v) is 15.4. The summed E-state index contributed by atoms with van der Waals surface area (Å²) in [6.45, 7) is 22.4. The predicted molar refractivity (Wildman–Crippen MR) is 182 cm³/mol. The third kappa shape index (κ3) is 5.61. The second kappa shape index (κ2) is 12.8. The summed E-state index contributed by atoms with van der Waals surface area (Å²) in [4.78, 5) is 36.6. The molecule has 5 saturated carbocycles. The van der Waals surface area contributed by atoms with Crippen LogP contribution in [0.15, 0.2) is 12.2 Å². The molecule has 0 aliphatic heterocycles. The Bertz CT molecular complexity index is 1200. The Morgan fingerprint density at radius 2 is 1.59 bits per heavy atom. The van der Waals surface area contributed by atoms with Gasteiger partial charge in [0.25, 0.3) is 0 Å². The van der Waals surface area contributed by atoms with E-state index in [1.807, 2.05) is 0 Å². The lowest BCUT2D eigenvalue weighted by Crippen LogP contribution is -2.67. The second-order valence-electron chi connectivity index (χ2n) is 17.7. The molecule has 0 aromatic carbocycles. The van der Waals surface area contributed by atoms with E-state index in [1.165, 1.54) is 44.1 Å². The maximum Gasteiger partial charge on any atom is 0.407 e. The average Bonchev–Trinajstić information content (AvgIpc) is 3.38. The van der Waals surface area contributed by atoms with Crippen LogP contribution in [-0.2, 0) is 19.1 Å². The third-order valence-electron chi connectivity index (χ3n) is 15.4. The van der Waals surface area contributed by atoms with E-state index < -0.39 is 11.9 Å². The molecule has 3 N–H and O–H groups in total. The summed E-state index contributed by atoms with van der Waals surface area (Å²) in [6.07, 6.45) is 15.0. The highest BCUT2D eigenvalue weighted by atomic mass is 16.6. The van der Waals surface area contributed by atoms with E-state index in [2.05, 4.69) is 60.4 Å². The first kappa shape index (κ1) is 35.3. The number of carbonyl (C=O) groups is 3. The highest BCUT2D eigenvalue weighted by Gasteiger charge is 2.71. The number of amides is 2. The van der Waals surface area contributed by atoms with Gasteiger partial charge in [0, 0.05) is 17.4 Å². The van der Waals surface area contributed by atoms with Crippen molar-refractivity contribution in [3.05, 3.63) is 12.2 Å². The van der Waals surface area contributed by atoms with Gasteiger partial charge in [-0.3, -0.25) is 4.79 Å². The Morgan fingerprint density at radius 1 is 0.848 bits per heavy atom. The number of hydrogen-bond donors (Lipinski definition) is 2. The van der Waals surface area contributed by atoms with Crippen molar-refractivity contribution in [3.63, 3.8) is 0 Å². The molecule has 5 rings (SSSR count). The molecule has 0 heterocycles. The number of hydrogen-bond acceptors (Lipinski definition) is 5. The molecular weight excluding hydrogens is 576 g/mol. The molecule has 260 valence electrons. The van der Waals surface area contributed by atoms with E-state index in [4.69, 9.17) is 15.2 Å². The molecule has 0 spiro atoms. The molecule has 7 heteroatoms. The number of rotatable bonds is 9. The van der Waals surface area contributed by atoms with Gasteiger partial charge >= 0.3 is 18.0 Å². The maximum atomic E-state index is 12.8. The van der Waals surface area contributed by atoms with Crippen molar-refractivity contribution in [2.45, 2.75) is 144 Å². The molecule has 0 saturated heterocycles. The molecule has 5 fully saturated rings. The van der Waals surface area contributed by atoms with Crippen molar-refractivity contribution in [2.24, 2.45) is 62.4 Å². The van der Waals surface area contributed by atoms with Crippen LogP contribution >= 0.6 is 0 Å². The summed E-state index contributed by atoms with van der Waals surface area (Å²) in [5, 5.41) is 3.03. The van der Waals surface area contributed by atoms with Crippen LogP contribution in [0.3, 0.4) is 0 Å². The highest BCUT2D eigenvalue weighted by Crippen LogP contribution is 2.77. The standard InChI is InChI=1S/C39H64N2O5/c1-9-10-11-12-23-41-34(44)45-24-39-20-15-26(25(2)3)31(39)27-13-14-29-36(6)18-17-30(46-33(43)32(40)42)35(4,5)28(36)16-19-38(29,8)37(27,7)21-22-39/h26-31H,2,9-24H2,1,3-8H3,(H2,40,42)(H,41,44)/t26-,27+,28-,29+,30-,31+,36-,37+,38+,39+/m0/s1. The predicted octanol–water partition coefficient (Wildman–Crippen LogP) is 8.35. The van der Waals surface area contributed by atoms with Gasteiger partial charge in [-0.25, -0.2) is 9.59 Å². The lowest BCUT2D eigenvalue weighted by Gasteiger charge is -2.73. The molecule has 0 aromatic rings. The zero-order chi connectivity index (χ0) is 33.7. The first-order valence-electron chi connectivity index (χ1n) is 18.6. The summed E-state index contributed by atoms with van der Waals surface area (Å²) in [7, 11) is 0. The normalized spacial score (nSPS) is 42.4. The van der Waals surface area contributed by atoms with Crippen molar-refractivity contribution in [1.29, 1.82) is 0 Å². The van der Waals surface area contributed by atoms with E-state index in [1.54, 1.807) is 0 Å². The number of esters is 1. The van der Waals surface area contributed by atoms with Gasteiger partial charge in [-0.15, -0.1) is 0 Å². The van der Waals surface area contributed by atoms with Gasteiger partial charge in [0.2, 0.25) is 0 Å². The summed E-state index contributed by atoms with van der Waals surface area (Å²) in [6, 6.07) is 0. The summed E-state index contributed by atoms with van der Waals surface area (Å²) in [5.74, 6) is 0.624. The number of nitrogens with one attached hydrogen (secondary N) is 1. The molecular formula is C39H64N2O5. The Kier molecular flexibility index (Phi) is 9.78. The lowest BCUT2D eigenvalue weighted by molar-refractivity contribution is -0.251. The van der Waals surface area contributed by atoms with Crippen molar-refractivity contribution < 1.29 is 23.9 Å². The quantitative estimate of drug-likeness (QED) is 0.114. The van der Waals surface area contributed by atoms with Crippen LogP contribution in [0.25, 0.3) is 0 Å². The van der Waals surface area contributed by atoms with Gasteiger partial charge in [0.05, 0.1) is 6.61 Å². The molecule has 2 amide bonds. The fourth-order valence-corrected chi connectivity index (χ4v) is 12.9. The molecule has 5 aliphatic rings. The highest BCUT2D eigenvalue weighted by molar-refractivity contribution is 6.31. The van der Waals surface area contributed by atoms with Crippen molar-refractivity contribution in [3.8, 4) is 0 Å². The van der Waals surface area contributed by atoms with Gasteiger partial charge in [-0.1, -0.05) is 73.0 Å².